The molecule has 1 rings (SSSR count). The molecular weight excluding hydrogens is 228 g/mol. The van der Waals surface area contributed by atoms with Crippen molar-refractivity contribution in [3.05, 3.63) is 29.8 Å². The van der Waals surface area contributed by atoms with E-state index in [1.54, 1.807) is 0 Å². The Labute approximate surface area is 109 Å². The highest BCUT2D eigenvalue weighted by atomic mass is 16.5. The second-order valence-electron chi connectivity index (χ2n) is 4.55. The maximum absolute atomic E-state index is 11.5. The Balaban J connectivity index is 2.62. The SMILES string of the molecule is CCOC(=O)CN(Cc1ccc(N)cc1)C(C)C. The maximum atomic E-state index is 11.5. The fraction of sp³-hybridized carbons (Fsp3) is 0.500. The molecule has 0 aromatic heterocycles. The van der Waals surface area contributed by atoms with Crippen molar-refractivity contribution in [3.8, 4) is 0 Å². The Morgan fingerprint density at radius 2 is 1.94 bits per heavy atom. The van der Waals surface area contributed by atoms with E-state index in [9.17, 15) is 4.79 Å². The number of hydrogen-bond donors (Lipinski definition) is 1. The summed E-state index contributed by atoms with van der Waals surface area (Å²) in [7, 11) is 0. The zero-order valence-electron chi connectivity index (χ0n) is 11.3. The Kier molecular flexibility index (Phi) is 5.65. The Morgan fingerprint density at radius 3 is 2.44 bits per heavy atom. The van der Waals surface area contributed by atoms with Crippen LogP contribution >= 0.6 is 0 Å². The molecule has 0 atom stereocenters. The van der Waals surface area contributed by atoms with Crippen LogP contribution < -0.4 is 5.73 Å². The molecule has 0 aliphatic rings. The summed E-state index contributed by atoms with van der Waals surface area (Å²) in [6.07, 6.45) is 0. The van der Waals surface area contributed by atoms with Gasteiger partial charge in [0.05, 0.1) is 13.2 Å². The second-order valence-corrected chi connectivity index (χ2v) is 4.55. The van der Waals surface area contributed by atoms with Gasteiger partial charge in [0.25, 0.3) is 0 Å². The van der Waals surface area contributed by atoms with E-state index in [2.05, 4.69) is 18.7 Å². The number of esters is 1. The molecule has 0 spiro atoms. The number of nitrogens with two attached hydrogens (primary N) is 1. The van der Waals surface area contributed by atoms with Gasteiger partial charge in [-0.25, -0.2) is 0 Å². The molecule has 1 aromatic rings. The van der Waals surface area contributed by atoms with Crippen molar-refractivity contribution in [2.45, 2.75) is 33.4 Å². The minimum absolute atomic E-state index is 0.179. The third kappa shape index (κ3) is 4.75. The van der Waals surface area contributed by atoms with Crippen LogP contribution in [-0.2, 0) is 16.1 Å². The summed E-state index contributed by atoms with van der Waals surface area (Å²) < 4.78 is 4.98. The highest BCUT2D eigenvalue weighted by Crippen LogP contribution is 2.10. The highest BCUT2D eigenvalue weighted by molar-refractivity contribution is 5.71. The van der Waals surface area contributed by atoms with E-state index in [0.29, 0.717) is 13.2 Å². The molecule has 18 heavy (non-hydrogen) atoms. The molecule has 0 saturated heterocycles. The molecule has 0 saturated carbocycles. The molecule has 0 amide bonds. The monoisotopic (exact) mass is 250 g/mol. The summed E-state index contributed by atoms with van der Waals surface area (Å²) in [6, 6.07) is 7.99. The van der Waals surface area contributed by atoms with Crippen molar-refractivity contribution in [1.29, 1.82) is 0 Å². The van der Waals surface area contributed by atoms with Gasteiger partial charge in [-0.1, -0.05) is 12.1 Å². The molecular formula is C14H22N2O2. The van der Waals surface area contributed by atoms with Crippen LogP contribution in [0.2, 0.25) is 0 Å². The molecule has 0 fully saturated rings. The van der Waals surface area contributed by atoms with Gasteiger partial charge in [0, 0.05) is 18.3 Å². The van der Waals surface area contributed by atoms with E-state index in [4.69, 9.17) is 10.5 Å². The largest absolute Gasteiger partial charge is 0.465 e. The predicted molar refractivity (Wildman–Crippen MR) is 73.0 cm³/mol. The van der Waals surface area contributed by atoms with Gasteiger partial charge in [0.15, 0.2) is 0 Å². The third-order valence-electron chi connectivity index (χ3n) is 2.73. The number of hydrogen-bond acceptors (Lipinski definition) is 4. The van der Waals surface area contributed by atoms with Crippen molar-refractivity contribution in [3.63, 3.8) is 0 Å². The minimum atomic E-state index is -0.179. The van der Waals surface area contributed by atoms with Crippen molar-refractivity contribution in [1.82, 2.24) is 4.90 Å². The number of ether oxygens (including phenoxy) is 1. The van der Waals surface area contributed by atoms with E-state index in [0.717, 1.165) is 17.8 Å². The summed E-state index contributed by atoms with van der Waals surface area (Å²) in [6.45, 7) is 7.41. The van der Waals surface area contributed by atoms with Crippen LogP contribution in [0.1, 0.15) is 26.3 Å². The quantitative estimate of drug-likeness (QED) is 0.620. The zero-order chi connectivity index (χ0) is 13.5. The van der Waals surface area contributed by atoms with Crippen LogP contribution in [0.3, 0.4) is 0 Å². The number of nitrogens with zero attached hydrogens (tertiary/aromatic N) is 1. The summed E-state index contributed by atoms with van der Waals surface area (Å²) >= 11 is 0. The van der Waals surface area contributed by atoms with Crippen molar-refractivity contribution < 1.29 is 9.53 Å². The lowest BCUT2D eigenvalue weighted by molar-refractivity contribution is -0.145. The molecule has 4 nitrogen and oxygen atoms in total. The van der Waals surface area contributed by atoms with Gasteiger partial charge in [-0.05, 0) is 38.5 Å². The number of carbonyl (C=O) groups is 1. The number of benzene rings is 1. The van der Waals surface area contributed by atoms with Crippen molar-refractivity contribution >= 4 is 11.7 Å². The topological polar surface area (TPSA) is 55.6 Å². The van der Waals surface area contributed by atoms with Gasteiger partial charge in [0.1, 0.15) is 0 Å². The molecule has 0 aliphatic heterocycles. The van der Waals surface area contributed by atoms with E-state index in [1.165, 1.54) is 0 Å². The van der Waals surface area contributed by atoms with Crippen LogP contribution in [-0.4, -0.2) is 30.1 Å². The fourth-order valence-corrected chi connectivity index (χ4v) is 1.65. The fourth-order valence-electron chi connectivity index (χ4n) is 1.65. The minimum Gasteiger partial charge on any atom is -0.465 e. The Hall–Kier alpha value is -1.55. The molecule has 4 heteroatoms. The van der Waals surface area contributed by atoms with Crippen molar-refractivity contribution in [2.24, 2.45) is 0 Å². The average molecular weight is 250 g/mol. The average Bonchev–Trinajstić information content (AvgIpc) is 2.31. The summed E-state index contributed by atoms with van der Waals surface area (Å²) in [4.78, 5) is 13.6. The van der Waals surface area contributed by atoms with Crippen LogP contribution in [0.4, 0.5) is 5.69 Å². The van der Waals surface area contributed by atoms with Crippen LogP contribution in [0, 0.1) is 0 Å². The Bertz CT molecular complexity index is 374. The standard InChI is InChI=1S/C14H22N2O2/c1-4-18-14(17)10-16(11(2)3)9-12-5-7-13(15)8-6-12/h5-8,11H,4,9-10,15H2,1-3H3. The van der Waals surface area contributed by atoms with E-state index >= 15 is 0 Å². The number of rotatable bonds is 6. The lowest BCUT2D eigenvalue weighted by Gasteiger charge is -2.25. The van der Waals surface area contributed by atoms with E-state index < -0.39 is 0 Å². The summed E-state index contributed by atoms with van der Waals surface area (Å²) in [5, 5.41) is 0. The van der Waals surface area contributed by atoms with Crippen LogP contribution in [0.5, 0.6) is 0 Å². The second kappa shape index (κ2) is 7.01. The van der Waals surface area contributed by atoms with Gasteiger partial charge < -0.3 is 10.5 Å². The predicted octanol–water partition coefficient (Wildman–Crippen LogP) is 2.04. The van der Waals surface area contributed by atoms with Gasteiger partial charge in [-0.2, -0.15) is 0 Å². The van der Waals surface area contributed by atoms with Gasteiger partial charge in [-0.3, -0.25) is 9.69 Å². The normalized spacial score (nSPS) is 10.9. The molecule has 0 unspecified atom stereocenters. The first-order chi connectivity index (χ1) is 8.52. The lowest BCUT2D eigenvalue weighted by Crippen LogP contribution is -2.36. The highest BCUT2D eigenvalue weighted by Gasteiger charge is 2.15. The third-order valence-corrected chi connectivity index (χ3v) is 2.73. The smallest absolute Gasteiger partial charge is 0.320 e. The summed E-state index contributed by atoms with van der Waals surface area (Å²) in [5.74, 6) is -0.179. The van der Waals surface area contributed by atoms with Gasteiger partial charge in [-0.15, -0.1) is 0 Å². The molecule has 0 bridgehead atoms. The first-order valence-corrected chi connectivity index (χ1v) is 6.27. The first-order valence-electron chi connectivity index (χ1n) is 6.27. The molecule has 2 N–H and O–H groups in total. The number of nitrogen functional groups attached to an aromatic ring is 1. The number of anilines is 1. The van der Waals surface area contributed by atoms with Gasteiger partial charge in [0.2, 0.25) is 0 Å². The van der Waals surface area contributed by atoms with E-state index in [-0.39, 0.29) is 12.0 Å². The van der Waals surface area contributed by atoms with Gasteiger partial charge >= 0.3 is 5.97 Å². The van der Waals surface area contributed by atoms with E-state index in [1.807, 2.05) is 31.2 Å². The first kappa shape index (κ1) is 14.5. The zero-order valence-corrected chi connectivity index (χ0v) is 11.3. The van der Waals surface area contributed by atoms with Crippen LogP contribution in [0.15, 0.2) is 24.3 Å². The van der Waals surface area contributed by atoms with Crippen LogP contribution in [0.25, 0.3) is 0 Å². The molecule has 0 aliphatic carbocycles. The van der Waals surface area contributed by atoms with Crippen molar-refractivity contribution in [2.75, 3.05) is 18.9 Å². The molecule has 0 heterocycles. The molecule has 1 aromatic carbocycles. The Morgan fingerprint density at radius 1 is 1.33 bits per heavy atom. The summed E-state index contributed by atoms with van der Waals surface area (Å²) in [5.41, 5.74) is 7.54. The molecule has 0 radical (unpaired) electrons. The lowest BCUT2D eigenvalue weighted by atomic mass is 10.1. The number of carbonyl (C=O) groups excluding carboxylic acids is 1. The molecule has 100 valence electrons. The maximum Gasteiger partial charge on any atom is 0.320 e.